The van der Waals surface area contributed by atoms with Gasteiger partial charge < -0.3 is 52.0 Å². The van der Waals surface area contributed by atoms with Gasteiger partial charge in [0.15, 0.2) is 28.8 Å². The molecule has 5 aromatic rings. The highest BCUT2D eigenvalue weighted by Gasteiger charge is 2.53. The van der Waals surface area contributed by atoms with Crippen molar-refractivity contribution in [3.8, 4) is 27.6 Å². The third-order valence-electron chi connectivity index (χ3n) is 12.1. The summed E-state index contributed by atoms with van der Waals surface area (Å²) in [6.45, 7) is 5.61. The maximum Gasteiger partial charge on any atom is 0.273 e. The highest BCUT2D eigenvalue weighted by Crippen LogP contribution is 2.41. The Hall–Kier alpha value is -7.93. The van der Waals surface area contributed by atoms with Crippen LogP contribution in [-0.2, 0) is 35.8 Å². The van der Waals surface area contributed by atoms with Crippen molar-refractivity contribution >= 4 is 69.9 Å². The zero-order valence-electron chi connectivity index (χ0n) is 41.2. The first kappa shape index (κ1) is 52.9. The number of alkyl halides is 1. The predicted octanol–water partition coefficient (Wildman–Crippen LogP) is 2.23. The standard InChI is InChI=1S/C48H57FN14O9S/c1-25-40(73-24-54-25)27-13-11-26(12-14-27)31(56-43(68)33-17-28(64)22-63(33)45(70)41(47(2,3)4)58-46(71)48(49)15-16-48)19-35(65)51-20-36(66)52-21-37(67)57-34-18-32(38(60-59-34)44(69)50-5)55-30-10-8-9-29(39(30)72-7)42-53-23-62(6)61-42/h8-14,18,23-24,28,31,33,41,64H,15-17,19-22H2,1-7H3,(H,50,69)(H,51,65)(H,52,66)(H,56,68)(H,58,71)(H2,55,57,59,67)/t28-,31+,33+,41-/m1/s1. The Bertz CT molecular complexity index is 2900. The van der Waals surface area contributed by atoms with Gasteiger partial charge in [-0.1, -0.05) is 51.1 Å². The number of halogens is 1. The molecule has 73 heavy (non-hydrogen) atoms. The largest absolute Gasteiger partial charge is 0.494 e. The fourth-order valence-electron chi connectivity index (χ4n) is 8.02. The lowest BCUT2D eigenvalue weighted by Gasteiger charge is -2.36. The Morgan fingerprint density at radius 3 is 2.29 bits per heavy atom. The van der Waals surface area contributed by atoms with Crippen LogP contribution in [0.4, 0.5) is 21.6 Å². The molecule has 1 saturated carbocycles. The molecule has 0 bridgehead atoms. The maximum absolute atomic E-state index is 14.8. The van der Waals surface area contributed by atoms with Crippen molar-refractivity contribution in [1.29, 1.82) is 0 Å². The molecule has 0 unspecified atom stereocenters. The fraction of sp³-hybridized carbons (Fsp3) is 0.417. The van der Waals surface area contributed by atoms with Gasteiger partial charge in [0.05, 0.1) is 71.8 Å². The molecule has 4 heterocycles. The van der Waals surface area contributed by atoms with Gasteiger partial charge >= 0.3 is 0 Å². The number of amides is 7. The number of nitrogens with zero attached hydrogens (tertiary/aromatic N) is 7. The van der Waals surface area contributed by atoms with Crippen molar-refractivity contribution in [3.05, 3.63) is 77.3 Å². The van der Waals surface area contributed by atoms with Crippen LogP contribution in [0.2, 0.25) is 0 Å². The monoisotopic (exact) mass is 1020 g/mol. The van der Waals surface area contributed by atoms with Crippen LogP contribution in [0.3, 0.4) is 0 Å². The molecule has 1 aliphatic carbocycles. The molecule has 0 spiro atoms. The molecule has 4 atom stereocenters. The van der Waals surface area contributed by atoms with E-state index in [0.717, 1.165) is 16.1 Å². The first-order valence-corrected chi connectivity index (χ1v) is 24.1. The van der Waals surface area contributed by atoms with E-state index in [1.807, 2.05) is 19.1 Å². The number of β-amino-alcohol motifs (C(OH)–C–C–N with tert-alkyl or cyclic N) is 1. The number of rotatable bonds is 19. The predicted molar refractivity (Wildman–Crippen MR) is 265 cm³/mol. The molecule has 386 valence electrons. The van der Waals surface area contributed by atoms with Crippen LogP contribution in [0.15, 0.2) is 60.4 Å². The number of nitrogens with one attached hydrogen (secondary N) is 7. The van der Waals surface area contributed by atoms with Gasteiger partial charge in [-0.3, -0.25) is 38.2 Å². The highest BCUT2D eigenvalue weighted by atomic mass is 32.1. The molecule has 1 saturated heterocycles. The second-order valence-electron chi connectivity index (χ2n) is 18.7. The van der Waals surface area contributed by atoms with Crippen molar-refractivity contribution in [2.24, 2.45) is 12.5 Å². The molecule has 1 aliphatic heterocycles. The third-order valence-corrected chi connectivity index (χ3v) is 13.1. The summed E-state index contributed by atoms with van der Waals surface area (Å²) in [5.41, 5.74) is 1.94. The van der Waals surface area contributed by atoms with Crippen molar-refractivity contribution in [3.63, 3.8) is 0 Å². The van der Waals surface area contributed by atoms with Gasteiger partial charge in [0.25, 0.3) is 11.8 Å². The fourth-order valence-corrected chi connectivity index (χ4v) is 8.83. The quantitative estimate of drug-likeness (QED) is 0.0588. The summed E-state index contributed by atoms with van der Waals surface area (Å²) in [5, 5.41) is 41.6. The van der Waals surface area contributed by atoms with E-state index in [9.17, 15) is 43.1 Å². The number of aromatic nitrogens is 6. The topological polar surface area (TPSA) is 306 Å². The number of thiazole rings is 1. The number of aliphatic hydroxyl groups excluding tert-OH is 1. The van der Waals surface area contributed by atoms with E-state index in [2.05, 4.69) is 62.5 Å². The number of benzene rings is 2. The summed E-state index contributed by atoms with van der Waals surface area (Å²) < 4.78 is 22.0. The molecular weight excluding hydrogens is 968 g/mol. The van der Waals surface area contributed by atoms with Gasteiger partial charge in [0, 0.05) is 33.1 Å². The van der Waals surface area contributed by atoms with Crippen molar-refractivity contribution in [2.45, 2.75) is 83.3 Å². The molecule has 2 fully saturated rings. The van der Waals surface area contributed by atoms with E-state index < -0.39 is 89.8 Å². The summed E-state index contributed by atoms with van der Waals surface area (Å²) in [6.07, 6.45) is -0.00950. The lowest BCUT2D eigenvalue weighted by molar-refractivity contribution is -0.145. The molecule has 0 radical (unpaired) electrons. The molecule has 23 nitrogen and oxygen atoms in total. The molecular formula is C48H57FN14O9S. The van der Waals surface area contributed by atoms with E-state index >= 15 is 0 Å². The molecule has 25 heteroatoms. The van der Waals surface area contributed by atoms with Gasteiger partial charge in [-0.15, -0.1) is 21.5 Å². The number of hydrogen-bond acceptors (Lipinski definition) is 16. The van der Waals surface area contributed by atoms with Crippen molar-refractivity contribution in [2.75, 3.05) is 44.4 Å². The zero-order chi connectivity index (χ0) is 52.8. The Kier molecular flexibility index (Phi) is 16.1. The van der Waals surface area contributed by atoms with Crippen LogP contribution in [-0.4, -0.2) is 139 Å². The number of hydrogen-bond donors (Lipinski definition) is 8. The minimum Gasteiger partial charge on any atom is -0.494 e. The summed E-state index contributed by atoms with van der Waals surface area (Å²) in [5.74, 6) is -4.30. The number of ether oxygens (including phenoxy) is 1. The number of aryl methyl sites for hydroxylation is 2. The average molecular weight is 1030 g/mol. The second kappa shape index (κ2) is 22.2. The second-order valence-corrected chi connectivity index (χ2v) is 19.6. The smallest absolute Gasteiger partial charge is 0.273 e. The van der Waals surface area contributed by atoms with E-state index in [-0.39, 0.29) is 49.4 Å². The van der Waals surface area contributed by atoms with E-state index in [4.69, 9.17) is 4.74 Å². The van der Waals surface area contributed by atoms with E-state index in [1.54, 1.807) is 63.7 Å². The molecule has 2 aromatic carbocycles. The summed E-state index contributed by atoms with van der Waals surface area (Å²) >= 11 is 1.44. The summed E-state index contributed by atoms with van der Waals surface area (Å²) in [7, 11) is 4.60. The van der Waals surface area contributed by atoms with Crippen LogP contribution in [0.1, 0.15) is 74.2 Å². The first-order valence-electron chi connectivity index (χ1n) is 23.2. The Morgan fingerprint density at radius 2 is 1.66 bits per heavy atom. The number of aliphatic hydroxyl groups is 1. The first-order chi connectivity index (χ1) is 34.7. The number of anilines is 3. The van der Waals surface area contributed by atoms with Gasteiger partial charge in [0.2, 0.25) is 29.5 Å². The van der Waals surface area contributed by atoms with Crippen LogP contribution in [0, 0.1) is 12.3 Å². The van der Waals surface area contributed by atoms with E-state index in [1.165, 1.54) is 47.5 Å². The number of likely N-dealkylation sites (tertiary alicyclic amines) is 1. The number of para-hydroxylation sites is 1. The van der Waals surface area contributed by atoms with Gasteiger partial charge in [-0.05, 0) is 48.4 Å². The number of carbonyl (C=O) groups is 7. The minimum atomic E-state index is -2.06. The van der Waals surface area contributed by atoms with Gasteiger partial charge in [-0.25, -0.2) is 14.4 Å². The Morgan fingerprint density at radius 1 is 0.945 bits per heavy atom. The van der Waals surface area contributed by atoms with Crippen molar-refractivity contribution < 1.29 is 47.8 Å². The molecule has 2 aliphatic rings. The number of carbonyl (C=O) groups excluding carboxylic acids is 7. The van der Waals surface area contributed by atoms with Gasteiger partial charge in [-0.2, -0.15) is 5.10 Å². The Labute approximate surface area is 422 Å². The SMILES string of the molecule is CNC(=O)c1nnc(NC(=O)CNC(=O)CNC(=O)C[C@H](NC(=O)[C@@H]2C[C@@H](O)CN2C(=O)[C@@H](NC(=O)C2(F)CC2)C(C)(C)C)c2ccc(-c3scnc3C)cc2)cc1Nc1cccc(-c2ncn(C)n2)c1OC. The molecule has 7 amide bonds. The Balaban J connectivity index is 0.991. The summed E-state index contributed by atoms with van der Waals surface area (Å²) in [6, 6.07) is 10.2. The lowest BCUT2D eigenvalue weighted by atomic mass is 9.85. The third kappa shape index (κ3) is 12.8. The molecule has 3 aromatic heterocycles. The van der Waals surface area contributed by atoms with Crippen LogP contribution in [0.5, 0.6) is 5.75 Å². The average Bonchev–Trinajstić information content (AvgIpc) is 3.61. The van der Waals surface area contributed by atoms with Crippen LogP contribution >= 0.6 is 11.3 Å². The highest BCUT2D eigenvalue weighted by molar-refractivity contribution is 7.13. The normalized spacial score (nSPS) is 16.6. The van der Waals surface area contributed by atoms with Gasteiger partial charge in [0.1, 0.15) is 18.4 Å². The summed E-state index contributed by atoms with van der Waals surface area (Å²) in [4.78, 5) is 104. The van der Waals surface area contributed by atoms with Crippen molar-refractivity contribution in [1.82, 2.24) is 61.4 Å². The number of methoxy groups -OCH3 is 1. The van der Waals surface area contributed by atoms with Crippen LogP contribution < -0.4 is 42.0 Å². The minimum absolute atomic E-state index is 0.0365. The lowest BCUT2D eigenvalue weighted by Crippen LogP contribution is -2.59. The molecule has 8 N–H and O–H groups in total. The van der Waals surface area contributed by atoms with E-state index in [0.29, 0.717) is 28.4 Å². The van der Waals surface area contributed by atoms with Crippen LogP contribution in [0.25, 0.3) is 21.8 Å². The maximum atomic E-state index is 14.8. The zero-order valence-corrected chi connectivity index (χ0v) is 42.0. The molecule has 7 rings (SSSR count).